The highest BCUT2D eigenvalue weighted by Gasteiger charge is 2.17. The first-order valence-corrected chi connectivity index (χ1v) is 6.03. The van der Waals surface area contributed by atoms with Crippen LogP contribution < -0.4 is 0 Å². The molecule has 0 aliphatic rings. The number of allylic oxidation sites excluding steroid dienone is 2. The Morgan fingerprint density at radius 1 is 1.44 bits per heavy atom. The van der Waals surface area contributed by atoms with Gasteiger partial charge >= 0.3 is 0 Å². The molecule has 0 saturated heterocycles. The maximum atomic E-state index is 8.97. The molecular weight excluding hydrogens is 200 g/mol. The van der Waals surface area contributed by atoms with Gasteiger partial charge in [-0.25, -0.2) is 0 Å². The van der Waals surface area contributed by atoms with E-state index in [1.54, 1.807) is 0 Å². The van der Waals surface area contributed by atoms with Gasteiger partial charge in [-0.05, 0) is 46.5 Å². The van der Waals surface area contributed by atoms with Crippen LogP contribution in [0, 0.1) is 0 Å². The molecule has 0 saturated carbocycles. The zero-order valence-corrected chi connectivity index (χ0v) is 11.2. The molecule has 94 valence electrons. The lowest BCUT2D eigenvalue weighted by Crippen LogP contribution is -2.25. The minimum atomic E-state index is -0.182. The zero-order chi connectivity index (χ0) is 12.6. The topological polar surface area (TPSA) is 29.5 Å². The van der Waals surface area contributed by atoms with E-state index in [2.05, 4.69) is 40.3 Å². The molecule has 2 nitrogen and oxygen atoms in total. The number of ether oxygens (including phenoxy) is 1. The molecule has 16 heavy (non-hydrogen) atoms. The molecule has 0 amide bonds. The van der Waals surface area contributed by atoms with Crippen LogP contribution in [0.15, 0.2) is 24.0 Å². The van der Waals surface area contributed by atoms with Crippen LogP contribution in [0.25, 0.3) is 0 Å². The van der Waals surface area contributed by atoms with Crippen molar-refractivity contribution in [1.29, 1.82) is 0 Å². The van der Waals surface area contributed by atoms with Crippen molar-refractivity contribution in [2.45, 2.75) is 59.0 Å². The second kappa shape index (κ2) is 7.50. The third-order valence-electron chi connectivity index (χ3n) is 2.53. The van der Waals surface area contributed by atoms with E-state index in [1.807, 2.05) is 0 Å². The van der Waals surface area contributed by atoms with Crippen molar-refractivity contribution in [1.82, 2.24) is 0 Å². The van der Waals surface area contributed by atoms with Gasteiger partial charge in [-0.2, -0.15) is 0 Å². The van der Waals surface area contributed by atoms with Crippen LogP contribution in [0.4, 0.5) is 0 Å². The Hall–Kier alpha value is -0.760. The summed E-state index contributed by atoms with van der Waals surface area (Å²) in [6.45, 7) is 12.1. The molecule has 0 aromatic carbocycles. The Bertz CT molecular complexity index is 239. The van der Waals surface area contributed by atoms with Crippen LogP contribution in [0.2, 0.25) is 0 Å². The van der Waals surface area contributed by atoms with E-state index in [4.69, 9.17) is 9.84 Å². The minimum Gasteiger partial charge on any atom is -0.510 e. The first kappa shape index (κ1) is 15.2. The summed E-state index contributed by atoms with van der Waals surface area (Å²) in [4.78, 5) is 0. The normalized spacial score (nSPS) is 12.9. The smallest absolute Gasteiger partial charge is 0.111 e. The van der Waals surface area contributed by atoms with E-state index in [0.29, 0.717) is 0 Å². The van der Waals surface area contributed by atoms with Gasteiger partial charge in [0.1, 0.15) is 12.4 Å². The van der Waals surface area contributed by atoms with E-state index < -0.39 is 0 Å². The highest BCUT2D eigenvalue weighted by atomic mass is 16.5. The van der Waals surface area contributed by atoms with E-state index in [-0.39, 0.29) is 18.0 Å². The van der Waals surface area contributed by atoms with Gasteiger partial charge < -0.3 is 9.84 Å². The second-order valence-corrected chi connectivity index (χ2v) is 4.93. The van der Waals surface area contributed by atoms with Gasteiger partial charge in [0.05, 0.1) is 5.60 Å². The van der Waals surface area contributed by atoms with Crippen molar-refractivity contribution >= 4 is 0 Å². The fourth-order valence-corrected chi connectivity index (χ4v) is 1.59. The molecule has 2 heteroatoms. The molecule has 0 heterocycles. The Morgan fingerprint density at radius 3 is 2.56 bits per heavy atom. The van der Waals surface area contributed by atoms with E-state index in [9.17, 15) is 0 Å². The summed E-state index contributed by atoms with van der Waals surface area (Å²) in [6, 6.07) is 0. The summed E-state index contributed by atoms with van der Waals surface area (Å²) < 4.78 is 5.56. The maximum absolute atomic E-state index is 8.97. The highest BCUT2D eigenvalue weighted by molar-refractivity contribution is 4.97. The number of rotatable bonds is 8. The SMILES string of the molecule is C=C(O)COC(C)(C)CCC/C(C)=C/CC. The van der Waals surface area contributed by atoms with Crippen molar-refractivity contribution in [2.75, 3.05) is 6.61 Å². The molecule has 0 aliphatic heterocycles. The molecule has 1 N–H and O–H groups in total. The molecule has 0 radical (unpaired) electrons. The van der Waals surface area contributed by atoms with Gasteiger partial charge in [0.15, 0.2) is 0 Å². The van der Waals surface area contributed by atoms with Crippen LogP contribution in [0.1, 0.15) is 53.4 Å². The first-order chi connectivity index (χ1) is 7.37. The summed E-state index contributed by atoms with van der Waals surface area (Å²) in [6.07, 6.45) is 6.61. The van der Waals surface area contributed by atoms with Crippen LogP contribution in [0.5, 0.6) is 0 Å². The molecule has 0 bridgehead atoms. The summed E-state index contributed by atoms with van der Waals surface area (Å²) >= 11 is 0. The molecule has 0 unspecified atom stereocenters. The first-order valence-electron chi connectivity index (χ1n) is 6.03. The molecule has 0 aliphatic carbocycles. The van der Waals surface area contributed by atoms with Crippen LogP contribution >= 0.6 is 0 Å². The maximum Gasteiger partial charge on any atom is 0.111 e. The second-order valence-electron chi connectivity index (χ2n) is 4.93. The predicted octanol–water partition coefficient (Wildman–Crippen LogP) is 4.38. The summed E-state index contributed by atoms with van der Waals surface area (Å²) in [7, 11) is 0. The molecule has 0 rings (SSSR count). The molecule has 0 spiro atoms. The highest BCUT2D eigenvalue weighted by Crippen LogP contribution is 2.20. The monoisotopic (exact) mass is 226 g/mol. The lowest BCUT2D eigenvalue weighted by Gasteiger charge is -2.25. The molecule has 0 aromatic rings. The van der Waals surface area contributed by atoms with Crippen LogP contribution in [-0.4, -0.2) is 17.3 Å². The predicted molar refractivity (Wildman–Crippen MR) is 69.7 cm³/mol. The van der Waals surface area contributed by atoms with Crippen molar-refractivity contribution in [3.05, 3.63) is 24.0 Å². The standard InChI is InChI=1S/C14H26O2/c1-6-8-12(2)9-7-10-14(4,5)16-11-13(3)15/h8,15H,3,6-7,9-11H2,1-2,4-5H3/b12-8+. The van der Waals surface area contributed by atoms with Gasteiger partial charge in [0.25, 0.3) is 0 Å². The van der Waals surface area contributed by atoms with Gasteiger partial charge in [0, 0.05) is 0 Å². The molecule has 0 atom stereocenters. The van der Waals surface area contributed by atoms with Crippen molar-refractivity contribution < 1.29 is 9.84 Å². The minimum absolute atomic E-state index is 0.0927. The fourth-order valence-electron chi connectivity index (χ4n) is 1.59. The van der Waals surface area contributed by atoms with Gasteiger partial charge in [0.2, 0.25) is 0 Å². The lowest BCUT2D eigenvalue weighted by molar-refractivity contribution is -0.0226. The van der Waals surface area contributed by atoms with E-state index in [0.717, 1.165) is 25.7 Å². The average Bonchev–Trinajstić information content (AvgIpc) is 2.15. The summed E-state index contributed by atoms with van der Waals surface area (Å²) in [5.41, 5.74) is 1.27. The van der Waals surface area contributed by atoms with Crippen molar-refractivity contribution in [3.63, 3.8) is 0 Å². The molecule has 0 fully saturated rings. The molecular formula is C14H26O2. The zero-order valence-electron chi connectivity index (χ0n) is 11.2. The third-order valence-corrected chi connectivity index (χ3v) is 2.53. The van der Waals surface area contributed by atoms with E-state index in [1.165, 1.54) is 5.57 Å². The summed E-state index contributed by atoms with van der Waals surface area (Å²) in [5, 5.41) is 8.97. The summed E-state index contributed by atoms with van der Waals surface area (Å²) in [5.74, 6) is 0.0927. The Kier molecular flexibility index (Phi) is 7.15. The van der Waals surface area contributed by atoms with Crippen LogP contribution in [0.3, 0.4) is 0 Å². The largest absolute Gasteiger partial charge is 0.510 e. The van der Waals surface area contributed by atoms with Gasteiger partial charge in [-0.15, -0.1) is 0 Å². The number of aliphatic hydroxyl groups is 1. The van der Waals surface area contributed by atoms with Crippen LogP contribution in [-0.2, 0) is 4.74 Å². The van der Waals surface area contributed by atoms with Gasteiger partial charge in [-0.1, -0.05) is 25.2 Å². The number of aliphatic hydroxyl groups excluding tert-OH is 1. The Labute approximate surface area is 100 Å². The van der Waals surface area contributed by atoms with Gasteiger partial charge in [-0.3, -0.25) is 0 Å². The Morgan fingerprint density at radius 2 is 2.06 bits per heavy atom. The van der Waals surface area contributed by atoms with Crippen molar-refractivity contribution in [3.8, 4) is 0 Å². The lowest BCUT2D eigenvalue weighted by atomic mass is 9.99. The Balaban J connectivity index is 3.81. The number of hydrogen-bond donors (Lipinski definition) is 1. The van der Waals surface area contributed by atoms with Crippen molar-refractivity contribution in [2.24, 2.45) is 0 Å². The molecule has 0 aromatic heterocycles. The average molecular weight is 226 g/mol. The van der Waals surface area contributed by atoms with E-state index >= 15 is 0 Å². The number of hydrogen-bond acceptors (Lipinski definition) is 2. The fraction of sp³-hybridized carbons (Fsp3) is 0.714. The third kappa shape index (κ3) is 8.54. The quantitative estimate of drug-likeness (QED) is 0.491.